The van der Waals surface area contributed by atoms with E-state index in [0.29, 0.717) is 18.7 Å². The van der Waals surface area contributed by atoms with Crippen LogP contribution in [-0.2, 0) is 24.2 Å². The van der Waals surface area contributed by atoms with Gasteiger partial charge in [0.2, 0.25) is 11.8 Å². The number of thiophene rings is 1. The van der Waals surface area contributed by atoms with Crippen LogP contribution < -0.4 is 0 Å². The second-order valence-corrected chi connectivity index (χ2v) is 6.99. The van der Waals surface area contributed by atoms with E-state index in [-0.39, 0.29) is 11.8 Å². The summed E-state index contributed by atoms with van der Waals surface area (Å²) in [5.74, 6) is 1.87. The maximum Gasteiger partial charge on any atom is 0.226 e. The van der Waals surface area contributed by atoms with Gasteiger partial charge in [0, 0.05) is 36.7 Å². The second-order valence-electron chi connectivity index (χ2n) is 5.99. The average molecular weight is 319 g/mol. The van der Waals surface area contributed by atoms with Gasteiger partial charge in [0.25, 0.3) is 0 Å². The molecule has 0 aromatic carbocycles. The number of amides is 1. The standard InChI is InChI=1S/C16H21N3O2S/c1-11(2)16-17-14(21-18-16)4-3-5-15(20)19-8-6-13-12(10-19)7-9-22-13/h7,9,11H,3-6,8,10H2,1-2H3. The topological polar surface area (TPSA) is 59.2 Å². The fourth-order valence-corrected chi connectivity index (χ4v) is 3.50. The van der Waals surface area contributed by atoms with E-state index in [0.717, 1.165) is 31.8 Å². The van der Waals surface area contributed by atoms with Crippen LogP contribution in [0.15, 0.2) is 16.0 Å². The van der Waals surface area contributed by atoms with Crippen LogP contribution in [0, 0.1) is 0 Å². The van der Waals surface area contributed by atoms with E-state index in [2.05, 4.69) is 21.6 Å². The molecule has 0 bridgehead atoms. The second kappa shape index (κ2) is 6.60. The molecular weight excluding hydrogens is 298 g/mol. The number of carbonyl (C=O) groups excluding carboxylic acids is 1. The number of carbonyl (C=O) groups is 1. The minimum Gasteiger partial charge on any atom is -0.339 e. The molecule has 2 aromatic heterocycles. The first-order chi connectivity index (χ1) is 10.6. The number of hydrogen-bond acceptors (Lipinski definition) is 5. The maximum atomic E-state index is 12.3. The molecule has 1 aliphatic rings. The van der Waals surface area contributed by atoms with Crippen molar-refractivity contribution >= 4 is 17.2 Å². The van der Waals surface area contributed by atoms with Crippen molar-refractivity contribution in [3.63, 3.8) is 0 Å². The third-order valence-corrected chi connectivity index (χ3v) is 4.96. The van der Waals surface area contributed by atoms with Crippen LogP contribution in [0.25, 0.3) is 0 Å². The predicted molar refractivity (Wildman–Crippen MR) is 84.8 cm³/mol. The van der Waals surface area contributed by atoms with Crippen LogP contribution in [0.1, 0.15) is 54.8 Å². The highest BCUT2D eigenvalue weighted by Crippen LogP contribution is 2.24. The van der Waals surface area contributed by atoms with Gasteiger partial charge in [-0.25, -0.2) is 0 Å². The largest absolute Gasteiger partial charge is 0.339 e. The molecule has 3 heterocycles. The number of rotatable bonds is 5. The third-order valence-electron chi connectivity index (χ3n) is 3.94. The molecule has 22 heavy (non-hydrogen) atoms. The Hall–Kier alpha value is -1.69. The molecule has 1 aliphatic heterocycles. The Labute approximate surface area is 134 Å². The molecule has 3 rings (SSSR count). The predicted octanol–water partition coefficient (Wildman–Crippen LogP) is 3.16. The van der Waals surface area contributed by atoms with Crippen LogP contribution in [0.2, 0.25) is 0 Å². The number of nitrogens with zero attached hydrogens (tertiary/aromatic N) is 3. The summed E-state index contributed by atoms with van der Waals surface area (Å²) in [6.45, 7) is 5.67. The third kappa shape index (κ3) is 3.38. The zero-order chi connectivity index (χ0) is 15.5. The number of aryl methyl sites for hydroxylation is 1. The Balaban J connectivity index is 1.46. The molecule has 0 N–H and O–H groups in total. The number of aromatic nitrogens is 2. The Morgan fingerprint density at radius 2 is 2.36 bits per heavy atom. The summed E-state index contributed by atoms with van der Waals surface area (Å²) in [4.78, 5) is 20.0. The summed E-state index contributed by atoms with van der Waals surface area (Å²) in [5, 5.41) is 6.05. The molecule has 0 fully saturated rings. The van der Waals surface area contributed by atoms with E-state index < -0.39 is 0 Å². The van der Waals surface area contributed by atoms with Gasteiger partial charge in [0.05, 0.1) is 0 Å². The van der Waals surface area contributed by atoms with Crippen molar-refractivity contribution in [1.29, 1.82) is 0 Å². The minimum absolute atomic E-state index is 0.223. The summed E-state index contributed by atoms with van der Waals surface area (Å²) in [6.07, 6.45) is 2.95. The van der Waals surface area contributed by atoms with Gasteiger partial charge >= 0.3 is 0 Å². The molecule has 0 unspecified atom stereocenters. The average Bonchev–Trinajstić information content (AvgIpc) is 3.15. The molecule has 0 aliphatic carbocycles. The molecule has 0 atom stereocenters. The quantitative estimate of drug-likeness (QED) is 0.849. The van der Waals surface area contributed by atoms with Crippen LogP contribution in [0.5, 0.6) is 0 Å². The van der Waals surface area contributed by atoms with Crippen molar-refractivity contribution in [2.45, 2.75) is 52.0 Å². The van der Waals surface area contributed by atoms with Crippen LogP contribution in [0.4, 0.5) is 0 Å². The SMILES string of the molecule is CC(C)c1noc(CCCC(=O)N2CCc3sccc3C2)n1. The summed E-state index contributed by atoms with van der Waals surface area (Å²) in [7, 11) is 0. The van der Waals surface area contributed by atoms with Crippen LogP contribution in [-0.4, -0.2) is 27.5 Å². The number of hydrogen-bond donors (Lipinski definition) is 0. The lowest BCUT2D eigenvalue weighted by Crippen LogP contribution is -2.35. The summed E-state index contributed by atoms with van der Waals surface area (Å²) in [5.41, 5.74) is 1.31. The van der Waals surface area contributed by atoms with Crippen molar-refractivity contribution in [1.82, 2.24) is 15.0 Å². The van der Waals surface area contributed by atoms with Crippen molar-refractivity contribution in [2.75, 3.05) is 6.54 Å². The van der Waals surface area contributed by atoms with Crippen molar-refractivity contribution in [3.8, 4) is 0 Å². The van der Waals surface area contributed by atoms with E-state index in [1.165, 1.54) is 10.4 Å². The van der Waals surface area contributed by atoms with Crippen LogP contribution in [0.3, 0.4) is 0 Å². The van der Waals surface area contributed by atoms with Crippen molar-refractivity contribution in [3.05, 3.63) is 33.6 Å². The summed E-state index contributed by atoms with van der Waals surface area (Å²) in [6, 6.07) is 2.13. The van der Waals surface area contributed by atoms with Crippen molar-refractivity contribution in [2.24, 2.45) is 0 Å². The van der Waals surface area contributed by atoms with E-state index >= 15 is 0 Å². The molecule has 6 heteroatoms. The number of fused-ring (bicyclic) bond motifs is 1. The van der Waals surface area contributed by atoms with Crippen LogP contribution >= 0.6 is 11.3 Å². The Morgan fingerprint density at radius 1 is 1.50 bits per heavy atom. The Morgan fingerprint density at radius 3 is 3.14 bits per heavy atom. The first-order valence-corrected chi connectivity index (χ1v) is 8.67. The normalized spacial score (nSPS) is 14.4. The van der Waals surface area contributed by atoms with E-state index in [1.807, 2.05) is 18.7 Å². The van der Waals surface area contributed by atoms with Crippen molar-refractivity contribution < 1.29 is 9.32 Å². The fraction of sp³-hybridized carbons (Fsp3) is 0.562. The van der Waals surface area contributed by atoms with Gasteiger partial charge in [0.1, 0.15) is 0 Å². The molecule has 5 nitrogen and oxygen atoms in total. The first-order valence-electron chi connectivity index (χ1n) is 7.79. The molecule has 0 saturated heterocycles. The molecule has 0 radical (unpaired) electrons. The Kier molecular flexibility index (Phi) is 4.57. The van der Waals surface area contributed by atoms with Gasteiger partial charge < -0.3 is 9.42 Å². The van der Waals surface area contributed by atoms with Gasteiger partial charge in [-0.05, 0) is 29.9 Å². The maximum absolute atomic E-state index is 12.3. The van der Waals surface area contributed by atoms with E-state index in [9.17, 15) is 4.79 Å². The van der Waals surface area contributed by atoms with Gasteiger partial charge in [0.15, 0.2) is 5.82 Å². The molecular formula is C16H21N3O2S. The molecule has 2 aromatic rings. The highest BCUT2D eigenvalue weighted by atomic mass is 32.1. The van der Waals surface area contributed by atoms with Gasteiger partial charge in [-0.3, -0.25) is 4.79 Å². The zero-order valence-electron chi connectivity index (χ0n) is 13.0. The van der Waals surface area contributed by atoms with E-state index in [1.54, 1.807) is 11.3 Å². The Bertz CT molecular complexity index is 647. The molecule has 0 saturated carbocycles. The molecule has 0 spiro atoms. The molecule has 118 valence electrons. The van der Waals surface area contributed by atoms with E-state index in [4.69, 9.17) is 4.52 Å². The van der Waals surface area contributed by atoms with Gasteiger partial charge in [-0.15, -0.1) is 11.3 Å². The lowest BCUT2D eigenvalue weighted by Gasteiger charge is -2.27. The highest BCUT2D eigenvalue weighted by Gasteiger charge is 2.21. The smallest absolute Gasteiger partial charge is 0.226 e. The van der Waals surface area contributed by atoms with Gasteiger partial charge in [-0.1, -0.05) is 19.0 Å². The minimum atomic E-state index is 0.223. The first kappa shape index (κ1) is 15.2. The highest BCUT2D eigenvalue weighted by molar-refractivity contribution is 7.10. The summed E-state index contributed by atoms with van der Waals surface area (Å²) >= 11 is 1.79. The fourth-order valence-electron chi connectivity index (χ4n) is 2.61. The lowest BCUT2D eigenvalue weighted by atomic mass is 10.1. The zero-order valence-corrected chi connectivity index (χ0v) is 13.9. The summed E-state index contributed by atoms with van der Waals surface area (Å²) < 4.78 is 5.20. The monoisotopic (exact) mass is 319 g/mol. The lowest BCUT2D eigenvalue weighted by molar-refractivity contribution is -0.132. The molecule has 1 amide bonds. The van der Waals surface area contributed by atoms with Gasteiger partial charge in [-0.2, -0.15) is 4.98 Å².